The molecular formula is C15H17NO3. The maximum absolute atomic E-state index is 12.4. The summed E-state index contributed by atoms with van der Waals surface area (Å²) in [5.41, 5.74) is 0.784. The third kappa shape index (κ3) is 2.84. The highest BCUT2D eigenvalue weighted by Crippen LogP contribution is 2.28. The van der Waals surface area contributed by atoms with Crippen molar-refractivity contribution in [2.24, 2.45) is 11.8 Å². The van der Waals surface area contributed by atoms with Crippen molar-refractivity contribution in [2.75, 3.05) is 11.9 Å². The molecule has 1 aliphatic rings. The zero-order valence-corrected chi connectivity index (χ0v) is 10.8. The van der Waals surface area contributed by atoms with Gasteiger partial charge < -0.3 is 10.0 Å². The quantitative estimate of drug-likeness (QED) is 0.847. The number of rotatable bonds is 3. The second-order valence-corrected chi connectivity index (χ2v) is 4.73. The summed E-state index contributed by atoms with van der Waals surface area (Å²) in [5.74, 6) is -2.14. The molecule has 1 amide bonds. The molecule has 2 unspecified atom stereocenters. The molecule has 4 nitrogen and oxygen atoms in total. The van der Waals surface area contributed by atoms with Crippen LogP contribution >= 0.6 is 0 Å². The van der Waals surface area contributed by atoms with Gasteiger partial charge in [0, 0.05) is 12.7 Å². The number of anilines is 1. The zero-order chi connectivity index (χ0) is 13.8. The third-order valence-corrected chi connectivity index (χ3v) is 3.54. The van der Waals surface area contributed by atoms with Gasteiger partial charge in [0.2, 0.25) is 5.91 Å². The maximum atomic E-state index is 12.4. The highest BCUT2D eigenvalue weighted by molar-refractivity contribution is 5.97. The number of para-hydroxylation sites is 1. The molecule has 1 N–H and O–H groups in total. The van der Waals surface area contributed by atoms with Crippen molar-refractivity contribution in [3.05, 3.63) is 42.5 Å². The number of benzene rings is 1. The van der Waals surface area contributed by atoms with Gasteiger partial charge in [-0.2, -0.15) is 0 Å². The Morgan fingerprint density at radius 1 is 1.11 bits per heavy atom. The first kappa shape index (κ1) is 13.3. The van der Waals surface area contributed by atoms with Crippen LogP contribution in [0.25, 0.3) is 0 Å². The standard InChI is InChI=1S/C15H17NO3/c1-16(11-7-3-2-4-8-11)14(17)12-9-5-6-10-13(12)15(18)19/h2-8,12-13H,9-10H2,1H3,(H,18,19). The summed E-state index contributed by atoms with van der Waals surface area (Å²) in [4.78, 5) is 25.2. The molecule has 0 aromatic heterocycles. The summed E-state index contributed by atoms with van der Waals surface area (Å²) >= 11 is 0. The molecule has 4 heteroatoms. The molecule has 0 heterocycles. The first-order valence-corrected chi connectivity index (χ1v) is 6.31. The summed E-state index contributed by atoms with van der Waals surface area (Å²) in [6.07, 6.45) is 4.65. The smallest absolute Gasteiger partial charge is 0.307 e. The Labute approximate surface area is 112 Å². The van der Waals surface area contributed by atoms with Gasteiger partial charge in [-0.15, -0.1) is 0 Å². The largest absolute Gasteiger partial charge is 0.481 e. The predicted molar refractivity (Wildman–Crippen MR) is 72.8 cm³/mol. The number of carbonyl (C=O) groups is 2. The van der Waals surface area contributed by atoms with E-state index >= 15 is 0 Å². The van der Waals surface area contributed by atoms with Gasteiger partial charge in [-0.3, -0.25) is 9.59 Å². The molecule has 0 fully saturated rings. The molecule has 1 aliphatic carbocycles. The van der Waals surface area contributed by atoms with E-state index in [2.05, 4.69) is 0 Å². The summed E-state index contributed by atoms with van der Waals surface area (Å²) < 4.78 is 0. The van der Waals surface area contributed by atoms with E-state index in [1.807, 2.05) is 42.5 Å². The second-order valence-electron chi connectivity index (χ2n) is 4.73. The lowest BCUT2D eigenvalue weighted by atomic mass is 9.82. The minimum atomic E-state index is -0.899. The Balaban J connectivity index is 2.18. The van der Waals surface area contributed by atoms with Crippen LogP contribution in [-0.2, 0) is 9.59 Å². The lowest BCUT2D eigenvalue weighted by Crippen LogP contribution is -2.40. The van der Waals surface area contributed by atoms with Gasteiger partial charge in [-0.25, -0.2) is 0 Å². The van der Waals surface area contributed by atoms with E-state index < -0.39 is 17.8 Å². The Kier molecular flexibility index (Phi) is 4.00. The molecule has 2 atom stereocenters. The van der Waals surface area contributed by atoms with Crippen LogP contribution in [0.2, 0.25) is 0 Å². The van der Waals surface area contributed by atoms with Crippen LogP contribution in [0.3, 0.4) is 0 Å². The van der Waals surface area contributed by atoms with Crippen molar-refractivity contribution in [3.8, 4) is 0 Å². The number of nitrogens with zero attached hydrogens (tertiary/aromatic N) is 1. The van der Waals surface area contributed by atoms with Crippen LogP contribution in [0.5, 0.6) is 0 Å². The van der Waals surface area contributed by atoms with Crippen molar-refractivity contribution in [2.45, 2.75) is 12.8 Å². The first-order valence-electron chi connectivity index (χ1n) is 6.31. The van der Waals surface area contributed by atoms with Crippen molar-refractivity contribution in [1.29, 1.82) is 0 Å². The zero-order valence-electron chi connectivity index (χ0n) is 10.8. The lowest BCUT2D eigenvalue weighted by molar-refractivity contribution is -0.146. The van der Waals surface area contributed by atoms with Gasteiger partial charge >= 0.3 is 5.97 Å². The second kappa shape index (κ2) is 5.69. The van der Waals surface area contributed by atoms with Gasteiger partial charge in [-0.1, -0.05) is 30.4 Å². The Hall–Kier alpha value is -2.10. The summed E-state index contributed by atoms with van der Waals surface area (Å²) in [6.45, 7) is 0. The molecule has 0 bridgehead atoms. The van der Waals surface area contributed by atoms with Crippen LogP contribution in [0, 0.1) is 11.8 Å². The summed E-state index contributed by atoms with van der Waals surface area (Å²) in [6, 6.07) is 9.27. The Morgan fingerprint density at radius 3 is 2.26 bits per heavy atom. The van der Waals surface area contributed by atoms with Gasteiger partial charge in [0.15, 0.2) is 0 Å². The van der Waals surface area contributed by atoms with Crippen molar-refractivity contribution in [1.82, 2.24) is 0 Å². The number of allylic oxidation sites excluding steroid dienone is 2. The van der Waals surface area contributed by atoms with E-state index in [9.17, 15) is 14.7 Å². The molecule has 0 aliphatic heterocycles. The van der Waals surface area contributed by atoms with Crippen LogP contribution in [-0.4, -0.2) is 24.0 Å². The number of carbonyl (C=O) groups excluding carboxylic acids is 1. The van der Waals surface area contributed by atoms with E-state index in [0.717, 1.165) is 5.69 Å². The van der Waals surface area contributed by atoms with Crippen LogP contribution < -0.4 is 4.90 Å². The van der Waals surface area contributed by atoms with E-state index in [1.165, 1.54) is 0 Å². The highest BCUT2D eigenvalue weighted by atomic mass is 16.4. The Morgan fingerprint density at radius 2 is 1.68 bits per heavy atom. The average Bonchev–Trinajstić information content (AvgIpc) is 2.46. The first-order chi connectivity index (χ1) is 9.11. The molecule has 100 valence electrons. The number of hydrogen-bond donors (Lipinski definition) is 1. The van der Waals surface area contributed by atoms with Crippen LogP contribution in [0.4, 0.5) is 5.69 Å². The van der Waals surface area contributed by atoms with Gasteiger partial charge in [0.25, 0.3) is 0 Å². The van der Waals surface area contributed by atoms with Gasteiger partial charge in [0.05, 0.1) is 11.8 Å². The molecule has 0 saturated carbocycles. The van der Waals surface area contributed by atoms with Crippen LogP contribution in [0.1, 0.15) is 12.8 Å². The van der Waals surface area contributed by atoms with E-state index in [0.29, 0.717) is 12.8 Å². The molecule has 1 aromatic rings. The van der Waals surface area contributed by atoms with E-state index in [-0.39, 0.29) is 5.91 Å². The van der Waals surface area contributed by atoms with Crippen molar-refractivity contribution >= 4 is 17.6 Å². The van der Waals surface area contributed by atoms with E-state index in [4.69, 9.17) is 0 Å². The third-order valence-electron chi connectivity index (χ3n) is 3.54. The summed E-state index contributed by atoms with van der Waals surface area (Å²) in [5, 5.41) is 9.21. The molecule has 0 spiro atoms. The number of amides is 1. The van der Waals surface area contributed by atoms with Crippen LogP contribution in [0.15, 0.2) is 42.5 Å². The molecular weight excluding hydrogens is 242 g/mol. The maximum Gasteiger partial charge on any atom is 0.307 e. The number of carboxylic acid groups (broad SMARTS) is 1. The predicted octanol–water partition coefficient (Wildman–Crippen LogP) is 2.32. The number of carboxylic acids is 1. The fourth-order valence-corrected chi connectivity index (χ4v) is 2.39. The molecule has 2 rings (SSSR count). The lowest BCUT2D eigenvalue weighted by Gasteiger charge is -2.28. The fraction of sp³-hybridized carbons (Fsp3) is 0.333. The monoisotopic (exact) mass is 259 g/mol. The normalized spacial score (nSPS) is 21.9. The van der Waals surface area contributed by atoms with Crippen molar-refractivity contribution in [3.63, 3.8) is 0 Å². The van der Waals surface area contributed by atoms with E-state index in [1.54, 1.807) is 11.9 Å². The minimum Gasteiger partial charge on any atom is -0.481 e. The van der Waals surface area contributed by atoms with Crippen molar-refractivity contribution < 1.29 is 14.7 Å². The number of hydrogen-bond acceptors (Lipinski definition) is 2. The highest BCUT2D eigenvalue weighted by Gasteiger charge is 2.35. The van der Waals surface area contributed by atoms with Gasteiger partial charge in [-0.05, 0) is 25.0 Å². The Bertz CT molecular complexity index is 495. The SMILES string of the molecule is CN(C(=O)C1CC=CCC1C(=O)O)c1ccccc1. The minimum absolute atomic E-state index is 0.136. The molecule has 0 radical (unpaired) electrons. The number of aliphatic carboxylic acids is 1. The molecule has 1 aromatic carbocycles. The topological polar surface area (TPSA) is 57.6 Å². The molecule has 19 heavy (non-hydrogen) atoms. The fourth-order valence-electron chi connectivity index (χ4n) is 2.39. The molecule has 0 saturated heterocycles. The average molecular weight is 259 g/mol. The van der Waals surface area contributed by atoms with Gasteiger partial charge in [0.1, 0.15) is 0 Å². The summed E-state index contributed by atoms with van der Waals surface area (Å²) in [7, 11) is 1.69.